The van der Waals surface area contributed by atoms with Crippen LogP contribution in [0.15, 0.2) is 38.3 Å². The van der Waals surface area contributed by atoms with Crippen LogP contribution in [0.3, 0.4) is 0 Å². The summed E-state index contributed by atoms with van der Waals surface area (Å²) >= 11 is 4.40. The number of anilines is 2. The Kier molecular flexibility index (Phi) is 4.00. The second-order valence-corrected chi connectivity index (χ2v) is 9.19. The first-order valence-electron chi connectivity index (χ1n) is 6.62. The number of rotatable bonds is 4. The molecule has 1 amide bonds. The number of nitrogens with zero attached hydrogens (tertiary/aromatic N) is 1. The second kappa shape index (κ2) is 5.68. The van der Waals surface area contributed by atoms with E-state index in [1.807, 2.05) is 6.92 Å². The molecule has 5 nitrogen and oxygen atoms in total. The Bertz CT molecular complexity index is 846. The highest BCUT2D eigenvalue weighted by atomic mass is 79.9. The van der Waals surface area contributed by atoms with Crippen LogP contribution >= 0.6 is 27.3 Å². The third-order valence-corrected chi connectivity index (χ3v) is 6.89. The van der Waals surface area contributed by atoms with Crippen molar-refractivity contribution in [2.75, 3.05) is 16.2 Å². The number of likely N-dealkylation sites (N-methyl/N-ethyl adjacent to an activating group) is 1. The summed E-state index contributed by atoms with van der Waals surface area (Å²) in [5.74, 6) is 0.0414. The molecule has 2 aromatic rings. The summed E-state index contributed by atoms with van der Waals surface area (Å²) in [7, 11) is -3.60. The molecular formula is C14H13BrN2O3S2. The van der Waals surface area contributed by atoms with Crippen molar-refractivity contribution in [1.82, 2.24) is 0 Å². The zero-order valence-electron chi connectivity index (χ0n) is 11.7. The van der Waals surface area contributed by atoms with E-state index in [1.54, 1.807) is 35.2 Å². The third kappa shape index (κ3) is 2.78. The number of carbonyl (C=O) groups is 1. The lowest BCUT2D eigenvalue weighted by Crippen LogP contribution is -2.25. The zero-order chi connectivity index (χ0) is 15.9. The van der Waals surface area contributed by atoms with Crippen LogP contribution in [0.1, 0.15) is 12.5 Å². The molecule has 116 valence electrons. The lowest BCUT2D eigenvalue weighted by Gasteiger charge is -2.15. The fourth-order valence-electron chi connectivity index (χ4n) is 2.44. The number of hydrogen-bond acceptors (Lipinski definition) is 4. The van der Waals surface area contributed by atoms with Gasteiger partial charge in [0.25, 0.3) is 10.0 Å². The Hall–Kier alpha value is -1.38. The standard InChI is InChI=1S/C14H13BrN2O3S2/c1-2-17-11-4-3-10(7-9(11)8-13(17)18)16-22(19,20)14-6-5-12(15)21-14/h3-7,16H,2,8H2,1H3. The van der Waals surface area contributed by atoms with Gasteiger partial charge in [0.15, 0.2) is 0 Å². The molecule has 1 aliphatic heterocycles. The number of nitrogens with one attached hydrogen (secondary N) is 1. The third-order valence-electron chi connectivity index (χ3n) is 3.39. The molecule has 0 saturated heterocycles. The molecular weight excluding hydrogens is 388 g/mol. The minimum Gasteiger partial charge on any atom is -0.312 e. The number of hydrogen-bond donors (Lipinski definition) is 1. The highest BCUT2D eigenvalue weighted by Gasteiger charge is 2.26. The number of fused-ring (bicyclic) bond motifs is 1. The monoisotopic (exact) mass is 400 g/mol. The molecule has 0 atom stereocenters. The minimum absolute atomic E-state index is 0.0414. The van der Waals surface area contributed by atoms with E-state index in [2.05, 4.69) is 20.7 Å². The molecule has 3 rings (SSSR count). The molecule has 0 bridgehead atoms. The van der Waals surface area contributed by atoms with Crippen LogP contribution in [0, 0.1) is 0 Å². The van der Waals surface area contributed by atoms with E-state index in [-0.39, 0.29) is 10.1 Å². The molecule has 2 heterocycles. The van der Waals surface area contributed by atoms with Gasteiger partial charge in [-0.05, 0) is 58.7 Å². The summed E-state index contributed by atoms with van der Waals surface area (Å²) in [4.78, 5) is 13.6. The van der Waals surface area contributed by atoms with Crippen LogP contribution in [0.5, 0.6) is 0 Å². The Morgan fingerprint density at radius 3 is 2.73 bits per heavy atom. The first kappa shape index (κ1) is 15.5. The Morgan fingerprint density at radius 2 is 2.09 bits per heavy atom. The second-order valence-electron chi connectivity index (χ2n) is 4.82. The minimum atomic E-state index is -3.60. The molecule has 22 heavy (non-hydrogen) atoms. The number of carbonyl (C=O) groups excluding carboxylic acids is 1. The SMILES string of the molecule is CCN1C(=O)Cc2cc(NS(=O)(=O)c3ccc(Br)s3)ccc21. The van der Waals surface area contributed by atoms with Gasteiger partial charge >= 0.3 is 0 Å². The van der Waals surface area contributed by atoms with E-state index in [9.17, 15) is 13.2 Å². The van der Waals surface area contributed by atoms with E-state index < -0.39 is 10.0 Å². The van der Waals surface area contributed by atoms with Crippen molar-refractivity contribution in [2.45, 2.75) is 17.6 Å². The average Bonchev–Trinajstić information content (AvgIpc) is 3.01. The molecule has 0 spiro atoms. The lowest BCUT2D eigenvalue weighted by molar-refractivity contribution is -0.117. The van der Waals surface area contributed by atoms with Gasteiger partial charge in [-0.25, -0.2) is 8.42 Å². The molecule has 0 aliphatic carbocycles. The van der Waals surface area contributed by atoms with Gasteiger partial charge in [0, 0.05) is 17.9 Å². The van der Waals surface area contributed by atoms with E-state index in [1.165, 1.54) is 0 Å². The Labute approximate surface area is 141 Å². The van der Waals surface area contributed by atoms with Gasteiger partial charge < -0.3 is 4.90 Å². The van der Waals surface area contributed by atoms with Crippen molar-refractivity contribution in [3.8, 4) is 0 Å². The molecule has 0 radical (unpaired) electrons. The van der Waals surface area contributed by atoms with E-state index >= 15 is 0 Å². The number of thiophene rings is 1. The molecule has 1 aromatic carbocycles. The van der Waals surface area contributed by atoms with Gasteiger partial charge in [0.05, 0.1) is 10.2 Å². The highest BCUT2D eigenvalue weighted by Crippen LogP contribution is 2.32. The molecule has 1 N–H and O–H groups in total. The van der Waals surface area contributed by atoms with Gasteiger partial charge in [0.1, 0.15) is 4.21 Å². The van der Waals surface area contributed by atoms with Crippen LogP contribution in [-0.2, 0) is 21.2 Å². The molecule has 0 saturated carbocycles. The number of halogens is 1. The van der Waals surface area contributed by atoms with Gasteiger partial charge in [-0.2, -0.15) is 0 Å². The average molecular weight is 401 g/mol. The van der Waals surface area contributed by atoms with Gasteiger partial charge in [-0.3, -0.25) is 9.52 Å². The normalized spacial score (nSPS) is 14.3. The molecule has 1 aromatic heterocycles. The van der Waals surface area contributed by atoms with Crippen molar-refractivity contribution in [1.29, 1.82) is 0 Å². The van der Waals surface area contributed by atoms with E-state index in [0.29, 0.717) is 18.7 Å². The van der Waals surface area contributed by atoms with Gasteiger partial charge in [-0.15, -0.1) is 11.3 Å². The smallest absolute Gasteiger partial charge is 0.271 e. The first-order valence-corrected chi connectivity index (χ1v) is 9.71. The number of amides is 1. The molecule has 1 aliphatic rings. The van der Waals surface area contributed by atoms with Crippen LogP contribution in [-0.4, -0.2) is 20.9 Å². The van der Waals surface area contributed by atoms with E-state index in [0.717, 1.165) is 26.4 Å². The topological polar surface area (TPSA) is 66.5 Å². The lowest BCUT2D eigenvalue weighted by atomic mass is 10.1. The fourth-order valence-corrected chi connectivity index (χ4v) is 5.50. The van der Waals surface area contributed by atoms with Crippen LogP contribution in [0.25, 0.3) is 0 Å². The quantitative estimate of drug-likeness (QED) is 0.856. The maximum atomic E-state index is 12.3. The van der Waals surface area contributed by atoms with Crippen molar-refractivity contribution in [3.63, 3.8) is 0 Å². The zero-order valence-corrected chi connectivity index (χ0v) is 14.9. The Balaban J connectivity index is 1.89. The maximum absolute atomic E-state index is 12.3. The summed E-state index contributed by atoms with van der Waals surface area (Å²) in [5.41, 5.74) is 2.17. The predicted molar refractivity (Wildman–Crippen MR) is 91.0 cm³/mol. The predicted octanol–water partition coefficient (Wildman–Crippen LogP) is 3.22. The summed E-state index contributed by atoms with van der Waals surface area (Å²) < 4.78 is 28.2. The summed E-state index contributed by atoms with van der Waals surface area (Å²) in [6.45, 7) is 2.53. The molecule has 0 unspecified atom stereocenters. The first-order chi connectivity index (χ1) is 10.4. The number of sulfonamides is 1. The molecule has 8 heteroatoms. The summed E-state index contributed by atoms with van der Waals surface area (Å²) in [6.07, 6.45) is 0.309. The van der Waals surface area contributed by atoms with Crippen molar-refractivity contribution in [2.24, 2.45) is 0 Å². The fraction of sp³-hybridized carbons (Fsp3) is 0.214. The van der Waals surface area contributed by atoms with Gasteiger partial charge in [-0.1, -0.05) is 0 Å². The van der Waals surface area contributed by atoms with Crippen LogP contribution in [0.2, 0.25) is 0 Å². The molecule has 0 fully saturated rings. The summed E-state index contributed by atoms with van der Waals surface area (Å²) in [6, 6.07) is 8.43. The van der Waals surface area contributed by atoms with Crippen molar-refractivity contribution < 1.29 is 13.2 Å². The summed E-state index contributed by atoms with van der Waals surface area (Å²) in [5, 5.41) is 0. The highest BCUT2D eigenvalue weighted by molar-refractivity contribution is 9.11. The van der Waals surface area contributed by atoms with Crippen LogP contribution < -0.4 is 9.62 Å². The van der Waals surface area contributed by atoms with Gasteiger partial charge in [0.2, 0.25) is 5.91 Å². The largest absolute Gasteiger partial charge is 0.312 e. The number of benzene rings is 1. The van der Waals surface area contributed by atoms with Crippen molar-refractivity contribution >= 4 is 54.6 Å². The maximum Gasteiger partial charge on any atom is 0.271 e. The van der Waals surface area contributed by atoms with Crippen molar-refractivity contribution in [3.05, 3.63) is 39.7 Å². The van der Waals surface area contributed by atoms with Crippen LogP contribution in [0.4, 0.5) is 11.4 Å². The Morgan fingerprint density at radius 1 is 1.32 bits per heavy atom. The van der Waals surface area contributed by atoms with E-state index in [4.69, 9.17) is 0 Å².